The summed E-state index contributed by atoms with van der Waals surface area (Å²) in [6, 6.07) is 0. The molecule has 0 aromatic rings. The number of rotatable bonds is 6. The van der Waals surface area contributed by atoms with Crippen molar-refractivity contribution in [3.63, 3.8) is 0 Å². The lowest BCUT2D eigenvalue weighted by molar-refractivity contribution is 0.0316. The van der Waals surface area contributed by atoms with Gasteiger partial charge in [-0.3, -0.25) is 5.32 Å². The summed E-state index contributed by atoms with van der Waals surface area (Å²) in [5.74, 6) is 0.637. The van der Waals surface area contributed by atoms with Crippen molar-refractivity contribution in [2.75, 3.05) is 6.54 Å². The van der Waals surface area contributed by atoms with Gasteiger partial charge in [0.15, 0.2) is 6.23 Å². The van der Waals surface area contributed by atoms with E-state index in [0.717, 1.165) is 13.0 Å². The van der Waals surface area contributed by atoms with Crippen molar-refractivity contribution >= 4 is 6.72 Å². The van der Waals surface area contributed by atoms with Crippen LogP contribution in [0.15, 0.2) is 5.16 Å². The third kappa shape index (κ3) is 5.85. The standard InChI is InChI=1S/C8H18N2O/c1-5-8(11-9-4)10-6-7(2)3/h7-8,10H,4-6H2,1-3H3. The first-order valence-electron chi connectivity index (χ1n) is 4.06. The zero-order valence-corrected chi connectivity index (χ0v) is 7.63. The van der Waals surface area contributed by atoms with Crippen LogP contribution in [0.1, 0.15) is 27.2 Å². The Morgan fingerprint density at radius 1 is 1.55 bits per heavy atom. The van der Waals surface area contributed by atoms with E-state index in [1.54, 1.807) is 0 Å². The summed E-state index contributed by atoms with van der Waals surface area (Å²) < 4.78 is 0. The molecule has 0 aromatic heterocycles. The summed E-state index contributed by atoms with van der Waals surface area (Å²) in [4.78, 5) is 4.94. The maximum Gasteiger partial charge on any atom is 0.178 e. The Kier molecular flexibility index (Phi) is 5.84. The van der Waals surface area contributed by atoms with E-state index in [9.17, 15) is 0 Å². The van der Waals surface area contributed by atoms with E-state index < -0.39 is 0 Å². The number of hydrogen-bond donors (Lipinski definition) is 1. The molecule has 0 aliphatic rings. The molecule has 0 bridgehead atoms. The van der Waals surface area contributed by atoms with Crippen LogP contribution in [0.2, 0.25) is 0 Å². The van der Waals surface area contributed by atoms with E-state index in [4.69, 9.17) is 4.84 Å². The molecule has 1 unspecified atom stereocenters. The van der Waals surface area contributed by atoms with Gasteiger partial charge in [-0.1, -0.05) is 20.8 Å². The first kappa shape index (κ1) is 10.4. The highest BCUT2D eigenvalue weighted by molar-refractivity contribution is 5.21. The fourth-order valence-corrected chi connectivity index (χ4v) is 0.713. The fraction of sp³-hybridized carbons (Fsp3) is 0.875. The lowest BCUT2D eigenvalue weighted by Gasteiger charge is -2.15. The van der Waals surface area contributed by atoms with Crippen LogP contribution in [0.4, 0.5) is 0 Å². The molecule has 0 heterocycles. The lowest BCUT2D eigenvalue weighted by Crippen LogP contribution is -2.32. The molecule has 0 amide bonds. The Balaban J connectivity index is 3.43. The van der Waals surface area contributed by atoms with Gasteiger partial charge in [0.1, 0.15) is 0 Å². The Labute approximate surface area is 68.8 Å². The Morgan fingerprint density at radius 2 is 2.18 bits per heavy atom. The number of oxime groups is 1. The molecule has 0 radical (unpaired) electrons. The number of nitrogens with one attached hydrogen (secondary N) is 1. The molecule has 66 valence electrons. The predicted molar refractivity (Wildman–Crippen MR) is 47.6 cm³/mol. The van der Waals surface area contributed by atoms with Crippen molar-refractivity contribution in [2.45, 2.75) is 33.4 Å². The molecule has 0 saturated heterocycles. The third-order valence-electron chi connectivity index (χ3n) is 1.33. The van der Waals surface area contributed by atoms with Crippen molar-refractivity contribution in [3.8, 4) is 0 Å². The molecule has 0 aromatic carbocycles. The van der Waals surface area contributed by atoms with Crippen LogP contribution in [-0.4, -0.2) is 19.5 Å². The second-order valence-corrected chi connectivity index (χ2v) is 2.93. The van der Waals surface area contributed by atoms with Crippen LogP contribution in [0, 0.1) is 5.92 Å². The maximum absolute atomic E-state index is 4.94. The molecule has 3 heteroatoms. The SMILES string of the molecule is C=NOC(CC)NCC(C)C. The van der Waals surface area contributed by atoms with E-state index >= 15 is 0 Å². The average molecular weight is 158 g/mol. The largest absolute Gasteiger partial charge is 0.377 e. The van der Waals surface area contributed by atoms with Crippen LogP contribution < -0.4 is 5.32 Å². The highest BCUT2D eigenvalue weighted by atomic mass is 16.6. The Bertz CT molecular complexity index is 104. The van der Waals surface area contributed by atoms with Gasteiger partial charge in [0.25, 0.3) is 0 Å². The molecule has 0 aliphatic carbocycles. The van der Waals surface area contributed by atoms with E-state index in [2.05, 4.69) is 31.0 Å². The van der Waals surface area contributed by atoms with Crippen molar-refractivity contribution in [2.24, 2.45) is 11.1 Å². The molecule has 1 atom stereocenters. The Hall–Kier alpha value is -0.570. The highest BCUT2D eigenvalue weighted by Gasteiger charge is 2.04. The van der Waals surface area contributed by atoms with Crippen LogP contribution in [0.25, 0.3) is 0 Å². The maximum atomic E-state index is 4.94. The molecular weight excluding hydrogens is 140 g/mol. The quantitative estimate of drug-likeness (QED) is 0.362. The van der Waals surface area contributed by atoms with Gasteiger partial charge in [-0.2, -0.15) is 0 Å². The van der Waals surface area contributed by atoms with Gasteiger partial charge >= 0.3 is 0 Å². The molecule has 0 aliphatic heterocycles. The lowest BCUT2D eigenvalue weighted by atomic mass is 10.2. The Morgan fingerprint density at radius 3 is 2.55 bits per heavy atom. The van der Waals surface area contributed by atoms with Crippen LogP contribution in [0.5, 0.6) is 0 Å². The van der Waals surface area contributed by atoms with Crippen molar-refractivity contribution in [3.05, 3.63) is 0 Å². The minimum absolute atomic E-state index is 0.0231. The first-order chi connectivity index (χ1) is 5.20. The number of nitrogens with zero attached hydrogens (tertiary/aromatic N) is 1. The summed E-state index contributed by atoms with van der Waals surface area (Å²) in [6.45, 7) is 10.6. The smallest absolute Gasteiger partial charge is 0.178 e. The van der Waals surface area contributed by atoms with Crippen LogP contribution in [-0.2, 0) is 4.84 Å². The number of hydrogen-bond acceptors (Lipinski definition) is 3. The molecule has 1 N–H and O–H groups in total. The third-order valence-corrected chi connectivity index (χ3v) is 1.33. The first-order valence-corrected chi connectivity index (χ1v) is 4.06. The second kappa shape index (κ2) is 6.16. The normalized spacial score (nSPS) is 13.1. The van der Waals surface area contributed by atoms with Crippen LogP contribution in [0.3, 0.4) is 0 Å². The highest BCUT2D eigenvalue weighted by Crippen LogP contribution is 1.95. The zero-order chi connectivity index (χ0) is 8.69. The van der Waals surface area contributed by atoms with Crippen molar-refractivity contribution < 1.29 is 4.84 Å². The van der Waals surface area contributed by atoms with Crippen molar-refractivity contribution in [1.29, 1.82) is 0 Å². The monoisotopic (exact) mass is 158 g/mol. The topological polar surface area (TPSA) is 33.6 Å². The molecule has 3 nitrogen and oxygen atoms in total. The summed E-state index contributed by atoms with van der Waals surface area (Å²) in [5, 5.41) is 6.59. The van der Waals surface area contributed by atoms with Gasteiger partial charge in [0, 0.05) is 13.3 Å². The molecular formula is C8H18N2O. The van der Waals surface area contributed by atoms with Gasteiger partial charge in [0.05, 0.1) is 0 Å². The van der Waals surface area contributed by atoms with E-state index in [1.165, 1.54) is 0 Å². The predicted octanol–water partition coefficient (Wildman–Crippen LogP) is 1.60. The van der Waals surface area contributed by atoms with E-state index in [-0.39, 0.29) is 6.23 Å². The average Bonchev–Trinajstić information content (AvgIpc) is 1.97. The van der Waals surface area contributed by atoms with E-state index in [1.807, 2.05) is 6.92 Å². The summed E-state index contributed by atoms with van der Waals surface area (Å²) in [6.07, 6.45) is 0.932. The molecule has 0 saturated carbocycles. The van der Waals surface area contributed by atoms with Gasteiger partial charge < -0.3 is 4.84 Å². The van der Waals surface area contributed by atoms with Gasteiger partial charge in [-0.05, 0) is 12.3 Å². The summed E-state index contributed by atoms with van der Waals surface area (Å²) >= 11 is 0. The van der Waals surface area contributed by atoms with Gasteiger partial charge in [0.2, 0.25) is 0 Å². The van der Waals surface area contributed by atoms with Gasteiger partial charge in [-0.15, -0.1) is 5.16 Å². The molecule has 0 fully saturated rings. The minimum Gasteiger partial charge on any atom is -0.377 e. The fourth-order valence-electron chi connectivity index (χ4n) is 0.713. The zero-order valence-electron chi connectivity index (χ0n) is 7.63. The van der Waals surface area contributed by atoms with Gasteiger partial charge in [-0.25, -0.2) is 0 Å². The van der Waals surface area contributed by atoms with E-state index in [0.29, 0.717) is 5.92 Å². The molecule has 11 heavy (non-hydrogen) atoms. The van der Waals surface area contributed by atoms with Crippen molar-refractivity contribution in [1.82, 2.24) is 5.32 Å². The second-order valence-electron chi connectivity index (χ2n) is 2.93. The molecule has 0 spiro atoms. The molecule has 0 rings (SSSR count). The summed E-state index contributed by atoms with van der Waals surface area (Å²) in [5.41, 5.74) is 0. The minimum atomic E-state index is 0.0231. The summed E-state index contributed by atoms with van der Waals surface area (Å²) in [7, 11) is 0. The van der Waals surface area contributed by atoms with Crippen LogP contribution >= 0.6 is 0 Å².